The van der Waals surface area contributed by atoms with Crippen molar-refractivity contribution < 1.29 is 0 Å². The van der Waals surface area contributed by atoms with Crippen LogP contribution in [0.25, 0.3) is 10.2 Å². The first-order valence-corrected chi connectivity index (χ1v) is 7.04. The fourth-order valence-corrected chi connectivity index (χ4v) is 3.57. The smallest absolute Gasteiger partial charge is 0.193 e. The van der Waals surface area contributed by atoms with Gasteiger partial charge in [-0.15, -0.1) is 11.3 Å². The van der Waals surface area contributed by atoms with E-state index in [9.17, 15) is 0 Å². The highest BCUT2D eigenvalue weighted by atomic mass is 32.2. The van der Waals surface area contributed by atoms with Gasteiger partial charge < -0.3 is 0 Å². The minimum atomic E-state index is 0.709. The normalized spacial score (nSPS) is 11.0. The van der Waals surface area contributed by atoms with E-state index in [0.29, 0.717) is 5.16 Å². The fourth-order valence-electron chi connectivity index (χ4n) is 1.65. The number of rotatable bonds is 2. The Bertz CT molecular complexity index is 694. The molecule has 0 saturated heterocycles. The second-order valence-corrected chi connectivity index (χ2v) is 5.93. The van der Waals surface area contributed by atoms with Crippen LogP contribution in [0.2, 0.25) is 0 Å². The molecule has 3 rings (SSSR count). The highest BCUT2D eigenvalue weighted by Gasteiger charge is 2.13. The van der Waals surface area contributed by atoms with Crippen molar-refractivity contribution in [2.45, 2.75) is 24.0 Å². The molecule has 90 valence electrons. The molecule has 0 N–H and O–H groups in total. The standard InChI is InChI=1S/C12H10N4S2/c1-7-8(2)17-10-9(7)11(16-6-15-10)18-12-13-4-3-5-14-12/h3-6H,1-2H3. The van der Waals surface area contributed by atoms with Gasteiger partial charge in [0.2, 0.25) is 0 Å². The molecule has 0 spiro atoms. The van der Waals surface area contributed by atoms with E-state index in [-0.39, 0.29) is 0 Å². The summed E-state index contributed by atoms with van der Waals surface area (Å²) in [6, 6.07) is 1.81. The van der Waals surface area contributed by atoms with Crippen molar-refractivity contribution in [3.8, 4) is 0 Å². The van der Waals surface area contributed by atoms with E-state index in [1.165, 1.54) is 22.2 Å². The highest BCUT2D eigenvalue weighted by Crippen LogP contribution is 2.35. The molecule has 18 heavy (non-hydrogen) atoms. The lowest BCUT2D eigenvalue weighted by atomic mass is 10.2. The minimum absolute atomic E-state index is 0.709. The first-order chi connectivity index (χ1) is 8.75. The van der Waals surface area contributed by atoms with Crippen LogP contribution in [0.5, 0.6) is 0 Å². The first kappa shape index (κ1) is 11.6. The van der Waals surface area contributed by atoms with E-state index in [1.54, 1.807) is 36.1 Å². The lowest BCUT2D eigenvalue weighted by molar-refractivity contribution is 0.960. The number of aryl methyl sites for hydroxylation is 2. The largest absolute Gasteiger partial charge is 0.231 e. The summed E-state index contributed by atoms with van der Waals surface area (Å²) in [7, 11) is 0. The van der Waals surface area contributed by atoms with Gasteiger partial charge in [-0.1, -0.05) is 0 Å². The van der Waals surface area contributed by atoms with Crippen molar-refractivity contribution in [1.82, 2.24) is 19.9 Å². The van der Waals surface area contributed by atoms with Crippen molar-refractivity contribution in [2.24, 2.45) is 0 Å². The van der Waals surface area contributed by atoms with Gasteiger partial charge in [0, 0.05) is 22.7 Å². The number of nitrogens with zero attached hydrogens (tertiary/aromatic N) is 4. The van der Waals surface area contributed by atoms with Gasteiger partial charge in [0.05, 0.1) is 0 Å². The molecule has 0 fully saturated rings. The predicted molar refractivity (Wildman–Crippen MR) is 73.0 cm³/mol. The van der Waals surface area contributed by atoms with Gasteiger partial charge in [-0.25, -0.2) is 19.9 Å². The predicted octanol–water partition coefficient (Wildman–Crippen LogP) is 3.25. The summed E-state index contributed by atoms with van der Waals surface area (Å²) in [6.07, 6.45) is 5.07. The van der Waals surface area contributed by atoms with Crippen LogP contribution >= 0.6 is 23.1 Å². The molecular formula is C12H10N4S2. The zero-order chi connectivity index (χ0) is 12.5. The Labute approximate surface area is 113 Å². The second kappa shape index (κ2) is 4.62. The molecule has 0 saturated carbocycles. The van der Waals surface area contributed by atoms with Crippen LogP contribution in [-0.2, 0) is 0 Å². The van der Waals surface area contributed by atoms with Crippen molar-refractivity contribution in [1.29, 1.82) is 0 Å². The molecule has 6 heteroatoms. The van der Waals surface area contributed by atoms with Crippen LogP contribution in [0, 0.1) is 13.8 Å². The molecule has 3 aromatic heterocycles. The Morgan fingerprint density at radius 1 is 1.06 bits per heavy atom. The monoisotopic (exact) mass is 274 g/mol. The van der Waals surface area contributed by atoms with Gasteiger partial charge in [0.1, 0.15) is 16.2 Å². The molecule has 0 aliphatic rings. The summed E-state index contributed by atoms with van der Waals surface area (Å²) >= 11 is 3.18. The molecule has 0 amide bonds. The van der Waals surface area contributed by atoms with Crippen LogP contribution in [0.15, 0.2) is 35.0 Å². The van der Waals surface area contributed by atoms with E-state index in [4.69, 9.17) is 0 Å². The molecule has 0 atom stereocenters. The average Bonchev–Trinajstić information content (AvgIpc) is 2.67. The van der Waals surface area contributed by atoms with E-state index in [0.717, 1.165) is 15.2 Å². The Kier molecular flexibility index (Phi) is 2.97. The van der Waals surface area contributed by atoms with Crippen LogP contribution in [0.1, 0.15) is 10.4 Å². The van der Waals surface area contributed by atoms with Crippen LogP contribution in [-0.4, -0.2) is 19.9 Å². The molecular weight excluding hydrogens is 264 g/mol. The van der Waals surface area contributed by atoms with Crippen molar-refractivity contribution in [3.63, 3.8) is 0 Å². The van der Waals surface area contributed by atoms with E-state index < -0.39 is 0 Å². The maximum Gasteiger partial charge on any atom is 0.193 e. The maximum absolute atomic E-state index is 4.35. The molecule has 3 heterocycles. The van der Waals surface area contributed by atoms with Crippen LogP contribution in [0.3, 0.4) is 0 Å². The molecule has 0 unspecified atom stereocenters. The molecule has 4 nitrogen and oxygen atoms in total. The third kappa shape index (κ3) is 1.97. The number of hydrogen-bond donors (Lipinski definition) is 0. The van der Waals surface area contributed by atoms with Crippen molar-refractivity contribution in [3.05, 3.63) is 35.2 Å². The molecule has 0 radical (unpaired) electrons. The summed E-state index contributed by atoms with van der Waals surface area (Å²) < 4.78 is 0. The Hall–Kier alpha value is -1.53. The van der Waals surface area contributed by atoms with Gasteiger partial charge in [-0.05, 0) is 37.2 Å². The Balaban J connectivity index is 2.12. The highest BCUT2D eigenvalue weighted by molar-refractivity contribution is 7.99. The lowest BCUT2D eigenvalue weighted by Gasteiger charge is -2.01. The summed E-state index contributed by atoms with van der Waals surface area (Å²) in [5.74, 6) is 0. The van der Waals surface area contributed by atoms with Gasteiger partial charge in [-0.3, -0.25) is 0 Å². The quantitative estimate of drug-likeness (QED) is 0.530. The first-order valence-electron chi connectivity index (χ1n) is 5.41. The van der Waals surface area contributed by atoms with E-state index in [2.05, 4.69) is 33.8 Å². The SMILES string of the molecule is Cc1sc2ncnc(Sc3ncccn3)c2c1C. The van der Waals surface area contributed by atoms with Crippen LogP contribution < -0.4 is 0 Å². The minimum Gasteiger partial charge on any atom is -0.231 e. The van der Waals surface area contributed by atoms with Crippen LogP contribution in [0.4, 0.5) is 0 Å². The Morgan fingerprint density at radius 2 is 1.83 bits per heavy atom. The number of thiophene rings is 1. The zero-order valence-electron chi connectivity index (χ0n) is 9.91. The molecule has 0 aliphatic heterocycles. The fraction of sp³-hybridized carbons (Fsp3) is 0.167. The van der Waals surface area contributed by atoms with Gasteiger partial charge in [0.25, 0.3) is 0 Å². The molecule has 0 aromatic carbocycles. The van der Waals surface area contributed by atoms with Gasteiger partial charge in [0.15, 0.2) is 5.16 Å². The summed E-state index contributed by atoms with van der Waals surface area (Å²) in [5, 5.41) is 2.76. The van der Waals surface area contributed by atoms with Gasteiger partial charge in [-0.2, -0.15) is 0 Å². The molecule has 0 bridgehead atoms. The average molecular weight is 274 g/mol. The summed E-state index contributed by atoms with van der Waals surface area (Å²) in [4.78, 5) is 19.4. The Morgan fingerprint density at radius 3 is 2.61 bits per heavy atom. The van der Waals surface area contributed by atoms with Gasteiger partial charge >= 0.3 is 0 Å². The summed E-state index contributed by atoms with van der Waals surface area (Å²) in [6.45, 7) is 4.21. The van der Waals surface area contributed by atoms with Crippen molar-refractivity contribution >= 4 is 33.3 Å². The molecule has 3 aromatic rings. The zero-order valence-corrected chi connectivity index (χ0v) is 11.5. The third-order valence-electron chi connectivity index (χ3n) is 2.66. The lowest BCUT2D eigenvalue weighted by Crippen LogP contribution is -1.88. The second-order valence-electron chi connectivity index (χ2n) is 3.78. The topological polar surface area (TPSA) is 51.6 Å². The molecule has 0 aliphatic carbocycles. The number of hydrogen-bond acceptors (Lipinski definition) is 6. The van der Waals surface area contributed by atoms with Crippen molar-refractivity contribution in [2.75, 3.05) is 0 Å². The van der Waals surface area contributed by atoms with E-state index >= 15 is 0 Å². The number of fused-ring (bicyclic) bond motifs is 1. The number of aromatic nitrogens is 4. The summed E-state index contributed by atoms with van der Waals surface area (Å²) in [5.41, 5.74) is 1.24. The van der Waals surface area contributed by atoms with E-state index in [1.807, 2.05) is 0 Å². The maximum atomic E-state index is 4.35. The third-order valence-corrected chi connectivity index (χ3v) is 4.67.